The van der Waals surface area contributed by atoms with Gasteiger partial charge in [-0.05, 0) is 51.0 Å². The number of carbonyl (C=O) groups is 1. The van der Waals surface area contributed by atoms with Crippen molar-refractivity contribution < 1.29 is 14.6 Å². The molecule has 0 spiro atoms. The van der Waals surface area contributed by atoms with Gasteiger partial charge < -0.3 is 9.84 Å². The molecule has 0 saturated heterocycles. The Balaban J connectivity index is 2.95. The molecule has 1 rings (SSSR count). The van der Waals surface area contributed by atoms with Crippen LogP contribution in [0.5, 0.6) is 11.5 Å². The average molecular weight is 220 g/mol. The number of hydrogen-bond donors (Lipinski definition) is 1. The van der Waals surface area contributed by atoms with Gasteiger partial charge in [0.1, 0.15) is 11.5 Å². The molecule has 3 heteroatoms. The van der Waals surface area contributed by atoms with E-state index in [0.717, 1.165) is 16.7 Å². The quantitative estimate of drug-likeness (QED) is 0.473. The van der Waals surface area contributed by atoms with Crippen molar-refractivity contribution in [1.29, 1.82) is 0 Å². The van der Waals surface area contributed by atoms with Gasteiger partial charge in [-0.15, -0.1) is 0 Å². The highest BCUT2D eigenvalue weighted by molar-refractivity contribution is 5.85. The van der Waals surface area contributed by atoms with Gasteiger partial charge in [0.25, 0.3) is 0 Å². The van der Waals surface area contributed by atoms with E-state index in [1.54, 1.807) is 19.9 Å². The molecule has 0 saturated carbocycles. The Hall–Kier alpha value is -1.77. The molecule has 0 aliphatic rings. The van der Waals surface area contributed by atoms with Gasteiger partial charge in [-0.1, -0.05) is 5.57 Å². The van der Waals surface area contributed by atoms with Crippen LogP contribution < -0.4 is 4.74 Å². The van der Waals surface area contributed by atoms with E-state index < -0.39 is 5.97 Å². The molecule has 0 unspecified atom stereocenters. The predicted octanol–water partition coefficient (Wildman–Crippen LogP) is 2.88. The van der Waals surface area contributed by atoms with Crippen LogP contribution in [0.15, 0.2) is 23.8 Å². The zero-order valence-corrected chi connectivity index (χ0v) is 10.00. The van der Waals surface area contributed by atoms with E-state index >= 15 is 0 Å². The first-order valence-electron chi connectivity index (χ1n) is 5.07. The lowest BCUT2D eigenvalue weighted by molar-refractivity contribution is -0.129. The summed E-state index contributed by atoms with van der Waals surface area (Å²) in [6.45, 7) is 7.25. The minimum Gasteiger partial charge on any atom is -0.508 e. The fourth-order valence-electron chi connectivity index (χ4n) is 1.27. The predicted molar refractivity (Wildman–Crippen MR) is 62.6 cm³/mol. The Bertz CT molecular complexity index is 441. The molecule has 0 aliphatic heterocycles. The number of allylic oxidation sites excluding steroid dienone is 1. The first-order chi connectivity index (χ1) is 7.41. The summed E-state index contributed by atoms with van der Waals surface area (Å²) in [5.74, 6) is 0.297. The Morgan fingerprint density at radius 2 is 1.88 bits per heavy atom. The van der Waals surface area contributed by atoms with Crippen molar-refractivity contribution in [3.05, 3.63) is 34.9 Å². The van der Waals surface area contributed by atoms with Crippen molar-refractivity contribution in [2.24, 2.45) is 0 Å². The zero-order valence-electron chi connectivity index (χ0n) is 10.00. The number of ether oxygens (including phenoxy) is 1. The Kier molecular flexibility index (Phi) is 3.72. The Morgan fingerprint density at radius 3 is 2.44 bits per heavy atom. The summed E-state index contributed by atoms with van der Waals surface area (Å²) in [5, 5.41) is 9.45. The van der Waals surface area contributed by atoms with E-state index in [2.05, 4.69) is 0 Å². The fourth-order valence-corrected chi connectivity index (χ4v) is 1.27. The third kappa shape index (κ3) is 2.86. The summed E-state index contributed by atoms with van der Waals surface area (Å²) in [5.41, 5.74) is 2.39. The molecule has 0 amide bonds. The summed E-state index contributed by atoms with van der Waals surface area (Å²) in [7, 11) is 0. The number of rotatable bonds is 2. The average Bonchev–Trinajstić information content (AvgIpc) is 2.18. The lowest BCUT2D eigenvalue weighted by atomic mass is 10.1. The number of benzene rings is 1. The molecule has 0 aliphatic carbocycles. The first-order valence-corrected chi connectivity index (χ1v) is 5.07. The van der Waals surface area contributed by atoms with Gasteiger partial charge in [-0.2, -0.15) is 0 Å². The second-order valence-electron chi connectivity index (χ2n) is 3.98. The molecular formula is C13H16O3. The molecule has 0 radical (unpaired) electrons. The number of aromatic hydroxyl groups is 1. The van der Waals surface area contributed by atoms with Crippen molar-refractivity contribution in [1.82, 2.24) is 0 Å². The molecule has 0 atom stereocenters. The summed E-state index contributed by atoms with van der Waals surface area (Å²) < 4.78 is 5.17. The molecule has 1 N–H and O–H groups in total. The summed E-state index contributed by atoms with van der Waals surface area (Å²) in [4.78, 5) is 11.4. The lowest BCUT2D eigenvalue weighted by Gasteiger charge is -2.09. The van der Waals surface area contributed by atoms with E-state index in [4.69, 9.17) is 4.74 Å². The van der Waals surface area contributed by atoms with Crippen molar-refractivity contribution in [3.63, 3.8) is 0 Å². The van der Waals surface area contributed by atoms with Crippen LogP contribution in [0, 0.1) is 13.8 Å². The lowest BCUT2D eigenvalue weighted by Crippen LogP contribution is -2.06. The fraction of sp³-hybridized carbons (Fsp3) is 0.308. The van der Waals surface area contributed by atoms with Gasteiger partial charge >= 0.3 is 5.97 Å². The van der Waals surface area contributed by atoms with Crippen molar-refractivity contribution >= 4 is 5.97 Å². The molecule has 0 heterocycles. The number of phenolic OH excluding ortho intramolecular Hbond substituents is 1. The summed E-state index contributed by atoms with van der Waals surface area (Å²) in [6.07, 6.45) is 1.43. The third-order valence-electron chi connectivity index (χ3n) is 2.33. The van der Waals surface area contributed by atoms with Crippen molar-refractivity contribution in [2.45, 2.75) is 27.7 Å². The van der Waals surface area contributed by atoms with Crippen LogP contribution in [0.3, 0.4) is 0 Å². The number of carbonyl (C=O) groups excluding carboxylic acids is 1. The molecule has 1 aromatic carbocycles. The Morgan fingerprint density at radius 1 is 1.25 bits per heavy atom. The van der Waals surface area contributed by atoms with Gasteiger partial charge in [0.15, 0.2) is 0 Å². The number of phenols is 1. The normalized spacial score (nSPS) is 9.75. The molecule has 86 valence electrons. The maximum Gasteiger partial charge on any atom is 0.336 e. The maximum absolute atomic E-state index is 11.4. The van der Waals surface area contributed by atoms with Crippen molar-refractivity contribution in [2.75, 3.05) is 0 Å². The van der Waals surface area contributed by atoms with Gasteiger partial charge in [0.05, 0.1) is 0 Å². The second-order valence-corrected chi connectivity index (χ2v) is 3.98. The third-order valence-corrected chi connectivity index (χ3v) is 2.33. The molecule has 0 aromatic heterocycles. The van der Waals surface area contributed by atoms with Gasteiger partial charge in [0, 0.05) is 6.08 Å². The number of hydrogen-bond acceptors (Lipinski definition) is 3. The van der Waals surface area contributed by atoms with Crippen LogP contribution >= 0.6 is 0 Å². The van der Waals surface area contributed by atoms with Gasteiger partial charge in [0.2, 0.25) is 0 Å². The van der Waals surface area contributed by atoms with Crippen LogP contribution in [0.1, 0.15) is 25.0 Å². The summed E-state index contributed by atoms with van der Waals surface area (Å²) >= 11 is 0. The van der Waals surface area contributed by atoms with E-state index in [1.807, 2.05) is 13.8 Å². The minimum atomic E-state index is -0.395. The SMILES string of the molecule is CC(C)=CC(=O)Oc1ccc(O)c(C)c1C. The smallest absolute Gasteiger partial charge is 0.336 e. The number of esters is 1. The van der Waals surface area contributed by atoms with Crippen LogP contribution in [-0.4, -0.2) is 11.1 Å². The molecule has 3 nitrogen and oxygen atoms in total. The highest BCUT2D eigenvalue weighted by Gasteiger charge is 2.09. The summed E-state index contributed by atoms with van der Waals surface area (Å²) in [6, 6.07) is 3.11. The standard InChI is InChI=1S/C13H16O3/c1-8(2)7-13(15)16-12-6-5-11(14)9(3)10(12)4/h5-7,14H,1-4H3. The first kappa shape index (κ1) is 12.3. The van der Waals surface area contributed by atoms with Gasteiger partial charge in [-0.3, -0.25) is 0 Å². The molecular weight excluding hydrogens is 204 g/mol. The Labute approximate surface area is 95.4 Å². The van der Waals surface area contributed by atoms with Crippen LogP contribution in [0.25, 0.3) is 0 Å². The van der Waals surface area contributed by atoms with E-state index in [9.17, 15) is 9.90 Å². The molecule has 1 aromatic rings. The molecule has 0 fully saturated rings. The largest absolute Gasteiger partial charge is 0.508 e. The highest BCUT2D eigenvalue weighted by atomic mass is 16.5. The molecule has 16 heavy (non-hydrogen) atoms. The van der Waals surface area contributed by atoms with Crippen LogP contribution in [0.4, 0.5) is 0 Å². The van der Waals surface area contributed by atoms with Crippen molar-refractivity contribution in [3.8, 4) is 11.5 Å². The second kappa shape index (κ2) is 4.84. The van der Waals surface area contributed by atoms with Crippen LogP contribution in [-0.2, 0) is 4.79 Å². The topological polar surface area (TPSA) is 46.5 Å². The maximum atomic E-state index is 11.4. The monoisotopic (exact) mass is 220 g/mol. The van der Waals surface area contributed by atoms with E-state index in [-0.39, 0.29) is 5.75 Å². The molecule has 0 bridgehead atoms. The highest BCUT2D eigenvalue weighted by Crippen LogP contribution is 2.28. The van der Waals surface area contributed by atoms with E-state index in [0.29, 0.717) is 5.75 Å². The van der Waals surface area contributed by atoms with Gasteiger partial charge in [-0.25, -0.2) is 4.79 Å². The zero-order chi connectivity index (χ0) is 12.3. The minimum absolute atomic E-state index is 0.208. The van der Waals surface area contributed by atoms with E-state index in [1.165, 1.54) is 12.1 Å². The van der Waals surface area contributed by atoms with Crippen LogP contribution in [0.2, 0.25) is 0 Å².